The van der Waals surface area contributed by atoms with Gasteiger partial charge in [0.05, 0.1) is 0 Å². The summed E-state index contributed by atoms with van der Waals surface area (Å²) in [5.74, 6) is 0. The molecule has 4 aromatic carbocycles. The topological polar surface area (TPSA) is 89.2 Å². The van der Waals surface area contributed by atoms with Crippen LogP contribution in [0.15, 0.2) is 146 Å². The van der Waals surface area contributed by atoms with Crippen molar-refractivity contribution in [2.45, 2.75) is 20.8 Å². The number of H-pyrrole nitrogens is 4. The molecule has 52 heavy (non-hydrogen) atoms. The molecule has 0 saturated carbocycles. The van der Waals surface area contributed by atoms with Gasteiger partial charge >= 0.3 is 0 Å². The Hall–Kier alpha value is -6.72. The maximum absolute atomic E-state index is 6.18. The van der Waals surface area contributed by atoms with Gasteiger partial charge < -0.3 is 25.7 Å². The Morgan fingerprint density at radius 3 is 0.808 bits per heavy atom. The Kier molecular flexibility index (Phi) is 7.55. The van der Waals surface area contributed by atoms with Gasteiger partial charge in [0.2, 0.25) is 0 Å². The summed E-state index contributed by atoms with van der Waals surface area (Å²) in [5, 5.41) is 4.08. The van der Waals surface area contributed by atoms with Crippen LogP contribution < -0.4 is 27.1 Å². The third-order valence-electron chi connectivity index (χ3n) is 10.1. The zero-order chi connectivity index (χ0) is 35.3. The number of benzene rings is 4. The molecule has 0 saturated heterocycles. The van der Waals surface area contributed by atoms with Crippen LogP contribution in [0.4, 0.5) is 5.69 Å². The predicted molar refractivity (Wildman–Crippen MR) is 213 cm³/mol. The fourth-order valence-electron chi connectivity index (χ4n) is 7.38. The number of nitrogens with one attached hydrogen (secondary N) is 4. The summed E-state index contributed by atoms with van der Waals surface area (Å²) in [6.07, 6.45) is 0. The van der Waals surface area contributed by atoms with Crippen molar-refractivity contribution in [2.75, 3.05) is 5.73 Å². The molecular weight excluding hydrogens is 635 g/mol. The molecule has 6 N–H and O–H groups in total. The van der Waals surface area contributed by atoms with Crippen LogP contribution in [-0.4, -0.2) is 19.9 Å². The molecule has 0 aliphatic carbocycles. The summed E-state index contributed by atoms with van der Waals surface area (Å²) < 4.78 is 0. The average molecular weight is 674 g/mol. The monoisotopic (exact) mass is 673 g/mol. The van der Waals surface area contributed by atoms with E-state index in [-0.39, 0.29) is 0 Å². The van der Waals surface area contributed by atoms with Crippen molar-refractivity contribution in [1.82, 2.24) is 19.9 Å². The summed E-state index contributed by atoms with van der Waals surface area (Å²) in [6, 6.07) is 52.0. The van der Waals surface area contributed by atoms with Crippen molar-refractivity contribution in [3.8, 4) is 0 Å². The van der Waals surface area contributed by atoms with Gasteiger partial charge in [0.25, 0.3) is 0 Å². The Labute approximate surface area is 302 Å². The van der Waals surface area contributed by atoms with E-state index in [9.17, 15) is 0 Å². The number of aromatic nitrogens is 4. The first-order valence-electron chi connectivity index (χ1n) is 17.7. The van der Waals surface area contributed by atoms with Gasteiger partial charge in [-0.15, -0.1) is 0 Å². The van der Waals surface area contributed by atoms with E-state index in [1.807, 2.05) is 12.1 Å². The van der Waals surface area contributed by atoms with E-state index in [1.165, 1.54) is 16.7 Å². The van der Waals surface area contributed by atoms with Gasteiger partial charge in [-0.25, -0.2) is 0 Å². The van der Waals surface area contributed by atoms with E-state index in [0.29, 0.717) is 0 Å². The second kappa shape index (κ2) is 12.6. The molecule has 0 radical (unpaired) electrons. The van der Waals surface area contributed by atoms with Crippen LogP contribution >= 0.6 is 0 Å². The number of anilines is 1. The summed E-state index contributed by atoms with van der Waals surface area (Å²) in [6.45, 7) is 6.38. The lowest BCUT2D eigenvalue weighted by Gasteiger charge is -2.10. The Bertz CT molecular complexity index is 2450. The number of aromatic amines is 4. The van der Waals surface area contributed by atoms with Crippen LogP contribution in [0.5, 0.6) is 0 Å². The summed E-state index contributed by atoms with van der Waals surface area (Å²) in [4.78, 5) is 15.4. The second-order valence-electron chi connectivity index (χ2n) is 13.9. The van der Waals surface area contributed by atoms with Crippen LogP contribution in [0.2, 0.25) is 0 Å². The third-order valence-corrected chi connectivity index (χ3v) is 10.1. The molecule has 5 nitrogen and oxygen atoms in total. The maximum Gasteiger partial charge on any atom is 0.0485 e. The summed E-state index contributed by atoms with van der Waals surface area (Å²) >= 11 is 0. The van der Waals surface area contributed by atoms with E-state index >= 15 is 0 Å². The molecule has 0 spiro atoms. The minimum Gasteiger partial charge on any atom is -0.399 e. The van der Waals surface area contributed by atoms with Crippen LogP contribution in [0.3, 0.4) is 0 Å². The highest BCUT2D eigenvalue weighted by Crippen LogP contribution is 2.28. The molecule has 0 unspecified atom stereocenters. The fourth-order valence-corrected chi connectivity index (χ4v) is 7.38. The lowest BCUT2D eigenvalue weighted by molar-refractivity contribution is 1.19. The molecule has 4 aromatic heterocycles. The zero-order valence-corrected chi connectivity index (χ0v) is 29.4. The minimum absolute atomic E-state index is 0.730. The first-order chi connectivity index (χ1) is 25.4. The van der Waals surface area contributed by atoms with Gasteiger partial charge in [-0.2, -0.15) is 0 Å². The van der Waals surface area contributed by atoms with Gasteiger partial charge in [0, 0.05) is 72.2 Å². The van der Waals surface area contributed by atoms with Crippen molar-refractivity contribution in [2.24, 2.45) is 0 Å². The van der Waals surface area contributed by atoms with Gasteiger partial charge in [0.1, 0.15) is 0 Å². The smallest absolute Gasteiger partial charge is 0.0485 e. The lowest BCUT2D eigenvalue weighted by Crippen LogP contribution is -2.19. The highest BCUT2D eigenvalue weighted by Gasteiger charge is 2.18. The van der Waals surface area contributed by atoms with E-state index in [1.54, 1.807) is 0 Å². The molecule has 5 heterocycles. The molecule has 1 aliphatic rings. The number of rotatable bonds is 4. The molecule has 8 aromatic rings. The SMILES string of the molecule is Cc1ccc(C2=c3ccc([nH]3)=C(c3ccc(C)cc3)c3ccc([nH]3)C(c3ccc(N)cc3)=c3ccc([nH]3)=C(c3ccc(C)cc3)c3ccc2[nH]3)cc1. The van der Waals surface area contributed by atoms with Crippen molar-refractivity contribution in [3.63, 3.8) is 0 Å². The molecule has 0 amide bonds. The van der Waals surface area contributed by atoms with Crippen LogP contribution in [-0.2, 0) is 0 Å². The number of nitrogen functional groups attached to an aromatic ring is 1. The fraction of sp³-hybridized carbons (Fsp3) is 0.0638. The molecule has 0 fully saturated rings. The average Bonchev–Trinajstić information content (AvgIpc) is 3.99. The van der Waals surface area contributed by atoms with Crippen LogP contribution in [0.1, 0.15) is 61.7 Å². The molecule has 0 atom stereocenters. The van der Waals surface area contributed by atoms with E-state index in [2.05, 4.69) is 174 Å². The largest absolute Gasteiger partial charge is 0.399 e. The predicted octanol–water partition coefficient (Wildman–Crippen LogP) is 6.81. The first-order valence-corrected chi connectivity index (χ1v) is 17.7. The van der Waals surface area contributed by atoms with Crippen LogP contribution in [0.25, 0.3) is 22.3 Å². The molecule has 5 heteroatoms. The summed E-state index contributed by atoms with van der Waals surface area (Å²) in [7, 11) is 0. The number of hydrogen-bond donors (Lipinski definition) is 5. The van der Waals surface area contributed by atoms with Gasteiger partial charge in [0.15, 0.2) is 0 Å². The van der Waals surface area contributed by atoms with Crippen molar-refractivity contribution < 1.29 is 0 Å². The Morgan fingerprint density at radius 2 is 0.538 bits per heavy atom. The van der Waals surface area contributed by atoms with Gasteiger partial charge in [-0.1, -0.05) is 102 Å². The quantitative estimate of drug-likeness (QED) is 0.131. The summed E-state index contributed by atoms with van der Waals surface area (Å²) in [5.41, 5.74) is 23.5. The highest BCUT2D eigenvalue weighted by molar-refractivity contribution is 5.85. The molecule has 8 bridgehead atoms. The molecule has 252 valence electrons. The zero-order valence-electron chi connectivity index (χ0n) is 29.4. The second-order valence-corrected chi connectivity index (χ2v) is 13.9. The molecule has 9 rings (SSSR count). The third kappa shape index (κ3) is 5.62. The number of aryl methyl sites for hydroxylation is 3. The lowest BCUT2D eigenvalue weighted by atomic mass is 10.0. The van der Waals surface area contributed by atoms with Crippen molar-refractivity contribution >= 4 is 28.0 Å². The van der Waals surface area contributed by atoms with E-state index in [4.69, 9.17) is 5.73 Å². The van der Waals surface area contributed by atoms with Crippen molar-refractivity contribution in [3.05, 3.63) is 229 Å². The minimum atomic E-state index is 0.730. The van der Waals surface area contributed by atoms with Crippen LogP contribution in [0, 0.1) is 20.8 Å². The normalized spacial score (nSPS) is 12.8. The first kappa shape index (κ1) is 31.3. The van der Waals surface area contributed by atoms with E-state index < -0.39 is 0 Å². The number of fused-ring (bicyclic) bond motifs is 8. The van der Waals surface area contributed by atoms with Crippen molar-refractivity contribution in [1.29, 1.82) is 0 Å². The highest BCUT2D eigenvalue weighted by atomic mass is 14.8. The Morgan fingerprint density at radius 1 is 0.288 bits per heavy atom. The maximum atomic E-state index is 6.18. The Balaban J connectivity index is 1.43. The molecular formula is C47H39N5. The number of nitrogens with two attached hydrogens (primary N) is 1. The van der Waals surface area contributed by atoms with E-state index in [0.717, 1.165) is 94.4 Å². The van der Waals surface area contributed by atoms with Gasteiger partial charge in [-0.3, -0.25) is 0 Å². The number of hydrogen-bond acceptors (Lipinski definition) is 1. The molecule has 1 aliphatic heterocycles. The standard InChI is InChI=1S/C47H39N5/c1-28-4-10-31(11-5-28)44-36-20-22-38(49-36)45(32-12-6-29(2)7-13-32)40-24-26-42(51-40)47(34-16-18-35(48)19-17-34)43-27-25-41(52-43)46(39-23-21-37(44)50-39)33-14-8-30(3)9-15-33/h4-27,49-52H,48H2,1-3H3. The van der Waals surface area contributed by atoms with Gasteiger partial charge in [-0.05, 0) is 104 Å².